The highest BCUT2D eigenvalue weighted by atomic mass is 16.5. The zero-order valence-electron chi connectivity index (χ0n) is 27.2. The number of ether oxygens (including phenoxy) is 2. The SMILES string of the molecule is CCCN1C(C)(C)CCC(OCCCCCCOC2CCC(C)(C)N(c3ccccc3)C(C)(C)C2)CC1(C)C. The van der Waals surface area contributed by atoms with Crippen molar-refractivity contribution in [2.45, 2.75) is 167 Å². The molecule has 2 atom stereocenters. The fourth-order valence-corrected chi connectivity index (χ4v) is 7.88. The second-order valence-electron chi connectivity index (χ2n) is 15.0. The molecule has 4 nitrogen and oxygen atoms in total. The van der Waals surface area contributed by atoms with Crippen molar-refractivity contribution in [1.29, 1.82) is 0 Å². The van der Waals surface area contributed by atoms with Crippen molar-refractivity contribution in [2.24, 2.45) is 0 Å². The summed E-state index contributed by atoms with van der Waals surface area (Å²) >= 11 is 0. The Morgan fingerprint density at radius 2 is 1.18 bits per heavy atom. The van der Waals surface area contributed by atoms with Crippen LogP contribution in [0.3, 0.4) is 0 Å². The molecule has 39 heavy (non-hydrogen) atoms. The normalized spacial score (nSPS) is 26.6. The van der Waals surface area contributed by atoms with E-state index < -0.39 is 0 Å². The van der Waals surface area contributed by atoms with Gasteiger partial charge in [-0.15, -0.1) is 0 Å². The lowest BCUT2D eigenvalue weighted by atomic mass is 9.90. The van der Waals surface area contributed by atoms with E-state index in [0.717, 1.165) is 51.7 Å². The van der Waals surface area contributed by atoms with Crippen molar-refractivity contribution in [2.75, 3.05) is 24.7 Å². The predicted octanol–water partition coefficient (Wildman–Crippen LogP) is 9.02. The first-order valence-electron chi connectivity index (χ1n) is 16.1. The van der Waals surface area contributed by atoms with E-state index in [4.69, 9.17) is 9.47 Å². The van der Waals surface area contributed by atoms with Crippen LogP contribution in [0.1, 0.15) is 133 Å². The van der Waals surface area contributed by atoms with Gasteiger partial charge in [-0.1, -0.05) is 38.0 Å². The van der Waals surface area contributed by atoms with Crippen molar-refractivity contribution in [1.82, 2.24) is 4.90 Å². The number of hydrogen-bond donors (Lipinski definition) is 0. The molecule has 2 heterocycles. The summed E-state index contributed by atoms with van der Waals surface area (Å²) in [5.41, 5.74) is 1.93. The summed E-state index contributed by atoms with van der Waals surface area (Å²) in [4.78, 5) is 5.38. The number of hydrogen-bond acceptors (Lipinski definition) is 4. The molecule has 2 aliphatic heterocycles. The van der Waals surface area contributed by atoms with Crippen molar-refractivity contribution in [3.05, 3.63) is 30.3 Å². The minimum atomic E-state index is 0.0543. The average Bonchev–Trinajstić information content (AvgIpc) is 2.99. The smallest absolute Gasteiger partial charge is 0.0598 e. The molecule has 2 unspecified atom stereocenters. The molecular weight excluding hydrogens is 480 g/mol. The number of anilines is 1. The summed E-state index contributed by atoms with van der Waals surface area (Å²) in [6.45, 7) is 24.5. The van der Waals surface area contributed by atoms with Gasteiger partial charge in [0.15, 0.2) is 0 Å². The summed E-state index contributed by atoms with van der Waals surface area (Å²) in [5, 5.41) is 0. The zero-order valence-corrected chi connectivity index (χ0v) is 27.2. The van der Waals surface area contributed by atoms with E-state index >= 15 is 0 Å². The third kappa shape index (κ3) is 8.94. The second-order valence-corrected chi connectivity index (χ2v) is 15.0. The van der Waals surface area contributed by atoms with Gasteiger partial charge in [-0.05, 0) is 132 Å². The molecule has 2 saturated heterocycles. The third-order valence-electron chi connectivity index (χ3n) is 9.49. The molecule has 0 bridgehead atoms. The fraction of sp³-hybridized carbons (Fsp3) is 0.829. The van der Waals surface area contributed by atoms with Crippen molar-refractivity contribution in [3.8, 4) is 0 Å². The summed E-state index contributed by atoms with van der Waals surface area (Å²) in [7, 11) is 0. The van der Waals surface area contributed by atoms with Crippen molar-refractivity contribution < 1.29 is 9.47 Å². The Kier molecular flexibility index (Phi) is 11.4. The molecule has 224 valence electrons. The van der Waals surface area contributed by atoms with Crippen molar-refractivity contribution >= 4 is 5.69 Å². The lowest BCUT2D eigenvalue weighted by Crippen LogP contribution is -2.55. The monoisotopic (exact) mass is 542 g/mol. The second kappa shape index (κ2) is 13.7. The van der Waals surface area contributed by atoms with Crippen LogP contribution in [0.5, 0.6) is 0 Å². The van der Waals surface area contributed by atoms with Crippen LogP contribution in [0.2, 0.25) is 0 Å². The molecule has 0 N–H and O–H groups in total. The van der Waals surface area contributed by atoms with Crippen LogP contribution in [0.4, 0.5) is 5.69 Å². The van der Waals surface area contributed by atoms with Crippen LogP contribution in [0.25, 0.3) is 0 Å². The van der Waals surface area contributed by atoms with E-state index in [2.05, 4.69) is 102 Å². The number of likely N-dealkylation sites (tertiary alicyclic amines) is 1. The van der Waals surface area contributed by atoms with Crippen LogP contribution in [0, 0.1) is 0 Å². The minimum Gasteiger partial charge on any atom is -0.378 e. The van der Waals surface area contributed by atoms with Gasteiger partial charge in [-0.2, -0.15) is 0 Å². The maximum atomic E-state index is 6.50. The van der Waals surface area contributed by atoms with E-state index in [9.17, 15) is 0 Å². The van der Waals surface area contributed by atoms with Crippen LogP contribution < -0.4 is 4.90 Å². The topological polar surface area (TPSA) is 24.9 Å². The van der Waals surface area contributed by atoms with Gasteiger partial charge in [0.1, 0.15) is 0 Å². The van der Waals surface area contributed by atoms with Gasteiger partial charge in [0.2, 0.25) is 0 Å². The van der Waals surface area contributed by atoms with Crippen LogP contribution in [-0.4, -0.2) is 59.0 Å². The Hall–Kier alpha value is -1.10. The largest absolute Gasteiger partial charge is 0.378 e. The van der Waals surface area contributed by atoms with E-state index in [-0.39, 0.29) is 22.2 Å². The maximum Gasteiger partial charge on any atom is 0.0598 e. The average molecular weight is 543 g/mol. The summed E-state index contributed by atoms with van der Waals surface area (Å²) in [6.07, 6.45) is 13.6. The van der Waals surface area contributed by atoms with Crippen LogP contribution in [0.15, 0.2) is 30.3 Å². The van der Waals surface area contributed by atoms with E-state index in [1.807, 2.05) is 0 Å². The Morgan fingerprint density at radius 3 is 1.72 bits per heavy atom. The quantitative estimate of drug-likeness (QED) is 0.246. The predicted molar refractivity (Wildman–Crippen MR) is 168 cm³/mol. The van der Waals surface area contributed by atoms with Crippen molar-refractivity contribution in [3.63, 3.8) is 0 Å². The molecule has 0 spiro atoms. The Labute approximate surface area is 242 Å². The molecule has 0 aromatic heterocycles. The van der Waals surface area contributed by atoms with E-state index in [0.29, 0.717) is 12.2 Å². The van der Waals surface area contributed by atoms with Crippen LogP contribution >= 0.6 is 0 Å². The number of benzene rings is 1. The lowest BCUT2D eigenvalue weighted by molar-refractivity contribution is -0.00670. The molecule has 0 amide bonds. The number of rotatable bonds is 12. The maximum absolute atomic E-state index is 6.50. The number of para-hydroxylation sites is 1. The van der Waals surface area contributed by atoms with Gasteiger partial charge < -0.3 is 14.4 Å². The summed E-state index contributed by atoms with van der Waals surface area (Å²) < 4.78 is 13.0. The lowest BCUT2D eigenvalue weighted by Gasteiger charge is -2.49. The molecule has 3 rings (SSSR count). The molecule has 0 saturated carbocycles. The highest BCUT2D eigenvalue weighted by molar-refractivity contribution is 5.51. The number of unbranched alkanes of at least 4 members (excludes halogenated alkanes) is 3. The standard InChI is InChI=1S/C35H62N2O2/c1-10-24-36-32(2,3)22-20-30(27-34(36,6)7)38-25-16-11-12-17-26-39-31-21-23-33(4,5)37(35(8,9)28-31)29-18-14-13-15-19-29/h13-15,18-19,30-31H,10-12,16-17,20-28H2,1-9H3. The highest BCUT2D eigenvalue weighted by Crippen LogP contribution is 2.41. The minimum absolute atomic E-state index is 0.0543. The molecular formula is C35H62N2O2. The first-order chi connectivity index (χ1) is 18.3. The van der Waals surface area contributed by atoms with Gasteiger partial charge in [0, 0.05) is 41.1 Å². The summed E-state index contributed by atoms with van der Waals surface area (Å²) in [5.74, 6) is 0. The molecule has 2 fully saturated rings. The molecule has 4 heteroatoms. The van der Waals surface area contributed by atoms with Gasteiger partial charge in [0.25, 0.3) is 0 Å². The van der Waals surface area contributed by atoms with Gasteiger partial charge >= 0.3 is 0 Å². The molecule has 1 aromatic carbocycles. The molecule has 0 radical (unpaired) electrons. The zero-order chi connectivity index (χ0) is 28.7. The van der Waals surface area contributed by atoms with Gasteiger partial charge in [-0.25, -0.2) is 0 Å². The van der Waals surface area contributed by atoms with Gasteiger partial charge in [0.05, 0.1) is 12.2 Å². The van der Waals surface area contributed by atoms with Crippen LogP contribution in [-0.2, 0) is 9.47 Å². The fourth-order valence-electron chi connectivity index (χ4n) is 7.88. The highest BCUT2D eigenvalue weighted by Gasteiger charge is 2.43. The first-order valence-corrected chi connectivity index (χ1v) is 16.1. The molecule has 2 aliphatic rings. The Balaban J connectivity index is 1.36. The van der Waals surface area contributed by atoms with Gasteiger partial charge in [-0.3, -0.25) is 4.90 Å². The number of nitrogens with zero attached hydrogens (tertiary/aromatic N) is 2. The van der Waals surface area contributed by atoms with E-state index in [1.165, 1.54) is 44.3 Å². The molecule has 1 aromatic rings. The van der Waals surface area contributed by atoms with E-state index in [1.54, 1.807) is 0 Å². The third-order valence-corrected chi connectivity index (χ3v) is 9.49. The Bertz CT molecular complexity index is 847. The molecule has 0 aliphatic carbocycles. The first kappa shape index (κ1) is 32.4. The summed E-state index contributed by atoms with van der Waals surface area (Å²) in [6, 6.07) is 10.9. The Morgan fingerprint density at radius 1 is 0.667 bits per heavy atom.